The van der Waals surface area contributed by atoms with Gasteiger partial charge in [0.25, 0.3) is 0 Å². The molecule has 122 valence electrons. The summed E-state index contributed by atoms with van der Waals surface area (Å²) in [6.07, 6.45) is 3.63. The molecule has 5 nitrogen and oxygen atoms in total. The van der Waals surface area contributed by atoms with E-state index in [1.807, 2.05) is 13.8 Å². The lowest BCUT2D eigenvalue weighted by atomic mass is 9.91. The lowest BCUT2D eigenvalue weighted by Gasteiger charge is -2.41. The molecule has 3 N–H and O–H groups in total. The third-order valence-corrected chi connectivity index (χ3v) is 5.06. The molecule has 2 aliphatic rings. The Bertz CT molecular complexity index is 350. The van der Waals surface area contributed by atoms with E-state index in [1.54, 1.807) is 0 Å². The van der Waals surface area contributed by atoms with Gasteiger partial charge >= 0.3 is 0 Å². The van der Waals surface area contributed by atoms with Crippen LogP contribution in [-0.4, -0.2) is 66.6 Å². The van der Waals surface area contributed by atoms with E-state index in [9.17, 15) is 4.79 Å². The minimum Gasteiger partial charge on any atom is -0.368 e. The van der Waals surface area contributed by atoms with Crippen LogP contribution in [-0.2, 0) is 4.79 Å². The van der Waals surface area contributed by atoms with Crippen molar-refractivity contribution in [3.05, 3.63) is 0 Å². The van der Waals surface area contributed by atoms with Gasteiger partial charge < -0.3 is 16.0 Å². The lowest BCUT2D eigenvalue weighted by molar-refractivity contribution is -0.124. The molecule has 1 heterocycles. The first kappa shape index (κ1) is 16.7. The summed E-state index contributed by atoms with van der Waals surface area (Å²) in [5.74, 6) is 0.726. The largest absolute Gasteiger partial charge is 0.368 e. The predicted octanol–water partition coefficient (Wildman–Crippen LogP) is 0.646. The number of hydrogen-bond acceptors (Lipinski definition) is 4. The fraction of sp³-hybridized carbons (Fsp3) is 0.938. The molecule has 1 aliphatic heterocycles. The van der Waals surface area contributed by atoms with E-state index in [4.69, 9.17) is 5.73 Å². The van der Waals surface area contributed by atoms with E-state index in [0.717, 1.165) is 45.1 Å². The Balaban J connectivity index is 1.79. The zero-order chi connectivity index (χ0) is 15.5. The standard InChI is InChI=1S/C16H32N4O/c1-4-18-16(3,15(17)21)11-13(2)20-9-7-19(8-10-20)12-14-5-6-14/h13-14,18H,4-12H2,1-3H3,(H2,17,21). The van der Waals surface area contributed by atoms with Crippen molar-refractivity contribution in [1.82, 2.24) is 15.1 Å². The van der Waals surface area contributed by atoms with Crippen LogP contribution < -0.4 is 11.1 Å². The third-order valence-electron chi connectivity index (χ3n) is 5.06. The molecule has 0 aromatic rings. The molecule has 5 heteroatoms. The predicted molar refractivity (Wildman–Crippen MR) is 86.1 cm³/mol. The van der Waals surface area contributed by atoms with Gasteiger partial charge in [-0.25, -0.2) is 0 Å². The molecule has 21 heavy (non-hydrogen) atoms. The molecular weight excluding hydrogens is 264 g/mol. The molecule has 1 amide bonds. The van der Waals surface area contributed by atoms with Crippen molar-refractivity contribution in [2.24, 2.45) is 11.7 Å². The normalized spacial score (nSPS) is 25.5. The number of hydrogen-bond donors (Lipinski definition) is 2. The maximum absolute atomic E-state index is 11.7. The molecule has 0 bridgehead atoms. The number of nitrogens with one attached hydrogen (secondary N) is 1. The second kappa shape index (κ2) is 7.07. The average Bonchev–Trinajstić information content (AvgIpc) is 3.23. The molecule has 0 spiro atoms. The Morgan fingerprint density at radius 3 is 2.43 bits per heavy atom. The fourth-order valence-electron chi connectivity index (χ4n) is 3.42. The number of primary amides is 1. The zero-order valence-corrected chi connectivity index (χ0v) is 13.9. The van der Waals surface area contributed by atoms with E-state index in [2.05, 4.69) is 22.0 Å². The highest BCUT2D eigenvalue weighted by Crippen LogP contribution is 2.30. The second-order valence-electron chi connectivity index (χ2n) is 7.06. The summed E-state index contributed by atoms with van der Waals surface area (Å²) in [5.41, 5.74) is 4.99. The first-order valence-electron chi connectivity index (χ1n) is 8.46. The topological polar surface area (TPSA) is 61.6 Å². The molecule has 2 rings (SSSR count). The number of rotatable bonds is 8. The number of likely N-dealkylation sites (N-methyl/N-ethyl adjacent to an activating group) is 1. The minimum absolute atomic E-state index is 0.247. The highest BCUT2D eigenvalue weighted by Gasteiger charge is 2.34. The van der Waals surface area contributed by atoms with Gasteiger partial charge in [0.2, 0.25) is 5.91 Å². The molecule has 0 radical (unpaired) electrons. The number of carbonyl (C=O) groups is 1. The summed E-state index contributed by atoms with van der Waals surface area (Å²) in [6.45, 7) is 12.8. The van der Waals surface area contributed by atoms with Gasteiger partial charge in [-0.15, -0.1) is 0 Å². The Kier molecular flexibility index (Phi) is 5.63. The maximum Gasteiger partial charge on any atom is 0.237 e. The van der Waals surface area contributed by atoms with Crippen LogP contribution in [0.1, 0.15) is 40.0 Å². The summed E-state index contributed by atoms with van der Waals surface area (Å²) in [4.78, 5) is 16.8. The molecule has 2 fully saturated rings. The van der Waals surface area contributed by atoms with Gasteiger partial charge in [-0.3, -0.25) is 9.69 Å². The van der Waals surface area contributed by atoms with E-state index in [-0.39, 0.29) is 5.91 Å². The molecule has 1 saturated carbocycles. The monoisotopic (exact) mass is 296 g/mol. The Labute approximate surface area is 129 Å². The Hall–Kier alpha value is -0.650. The van der Waals surface area contributed by atoms with Crippen LogP contribution in [0, 0.1) is 5.92 Å². The molecule has 2 atom stereocenters. The third kappa shape index (κ3) is 4.66. The van der Waals surface area contributed by atoms with Crippen LogP contribution in [0.25, 0.3) is 0 Å². The highest BCUT2D eigenvalue weighted by atomic mass is 16.1. The van der Waals surface area contributed by atoms with E-state index in [1.165, 1.54) is 19.4 Å². The molecular formula is C16H32N4O. The second-order valence-corrected chi connectivity index (χ2v) is 7.06. The zero-order valence-electron chi connectivity index (χ0n) is 13.9. The van der Waals surface area contributed by atoms with Crippen molar-refractivity contribution >= 4 is 5.91 Å². The maximum atomic E-state index is 11.7. The summed E-state index contributed by atoms with van der Waals surface area (Å²) >= 11 is 0. The molecule has 1 aliphatic carbocycles. The Morgan fingerprint density at radius 1 is 1.33 bits per heavy atom. The number of carbonyl (C=O) groups excluding carboxylic acids is 1. The number of nitrogens with zero attached hydrogens (tertiary/aromatic N) is 2. The molecule has 0 aromatic heterocycles. The summed E-state index contributed by atoms with van der Waals surface area (Å²) in [6, 6.07) is 0.379. The van der Waals surface area contributed by atoms with E-state index < -0.39 is 5.54 Å². The van der Waals surface area contributed by atoms with Gasteiger partial charge in [0.1, 0.15) is 0 Å². The summed E-state index contributed by atoms with van der Waals surface area (Å²) in [5, 5.41) is 3.26. The summed E-state index contributed by atoms with van der Waals surface area (Å²) < 4.78 is 0. The van der Waals surface area contributed by atoms with Crippen molar-refractivity contribution in [2.45, 2.75) is 51.6 Å². The van der Waals surface area contributed by atoms with Crippen molar-refractivity contribution in [2.75, 3.05) is 39.3 Å². The van der Waals surface area contributed by atoms with Gasteiger partial charge in [0, 0.05) is 38.8 Å². The number of piperazine rings is 1. The van der Waals surface area contributed by atoms with Gasteiger partial charge in [0.15, 0.2) is 0 Å². The van der Waals surface area contributed by atoms with Gasteiger partial charge in [0.05, 0.1) is 5.54 Å². The number of amides is 1. The fourth-order valence-corrected chi connectivity index (χ4v) is 3.42. The molecule has 0 aromatic carbocycles. The quantitative estimate of drug-likeness (QED) is 0.690. The van der Waals surface area contributed by atoms with Crippen LogP contribution in [0.5, 0.6) is 0 Å². The van der Waals surface area contributed by atoms with Gasteiger partial charge in [-0.05, 0) is 45.6 Å². The number of nitrogens with two attached hydrogens (primary N) is 1. The van der Waals surface area contributed by atoms with Gasteiger partial charge in [-0.2, -0.15) is 0 Å². The minimum atomic E-state index is -0.598. The smallest absolute Gasteiger partial charge is 0.237 e. The lowest BCUT2D eigenvalue weighted by Crippen LogP contribution is -2.58. The van der Waals surface area contributed by atoms with E-state index in [0.29, 0.717) is 6.04 Å². The summed E-state index contributed by atoms with van der Waals surface area (Å²) in [7, 11) is 0. The highest BCUT2D eigenvalue weighted by molar-refractivity contribution is 5.84. The first-order valence-corrected chi connectivity index (χ1v) is 8.46. The van der Waals surface area contributed by atoms with Crippen LogP contribution in [0.3, 0.4) is 0 Å². The van der Waals surface area contributed by atoms with Crippen LogP contribution >= 0.6 is 0 Å². The molecule has 1 saturated heterocycles. The van der Waals surface area contributed by atoms with Crippen molar-refractivity contribution < 1.29 is 4.79 Å². The van der Waals surface area contributed by atoms with Crippen molar-refractivity contribution in [1.29, 1.82) is 0 Å². The average molecular weight is 296 g/mol. The van der Waals surface area contributed by atoms with Crippen molar-refractivity contribution in [3.63, 3.8) is 0 Å². The SMILES string of the molecule is CCNC(C)(CC(C)N1CCN(CC2CC2)CC1)C(N)=O. The van der Waals surface area contributed by atoms with E-state index >= 15 is 0 Å². The van der Waals surface area contributed by atoms with Crippen LogP contribution in [0.15, 0.2) is 0 Å². The van der Waals surface area contributed by atoms with Crippen LogP contribution in [0.2, 0.25) is 0 Å². The van der Waals surface area contributed by atoms with Crippen LogP contribution in [0.4, 0.5) is 0 Å². The van der Waals surface area contributed by atoms with Gasteiger partial charge in [-0.1, -0.05) is 6.92 Å². The molecule has 2 unspecified atom stereocenters. The Morgan fingerprint density at radius 2 is 1.95 bits per heavy atom. The first-order chi connectivity index (χ1) is 9.94. The van der Waals surface area contributed by atoms with Crippen molar-refractivity contribution in [3.8, 4) is 0 Å².